The molecule has 0 spiro atoms. The molecular weight excluding hydrogens is 400 g/mol. The molecule has 0 atom stereocenters. The highest BCUT2D eigenvalue weighted by Gasteiger charge is 2.13. The van der Waals surface area contributed by atoms with Crippen molar-refractivity contribution in [2.45, 2.75) is 13.5 Å². The molecule has 0 unspecified atom stereocenters. The molecule has 14 heavy (non-hydrogen) atoms. The minimum atomic E-state index is 0. The van der Waals surface area contributed by atoms with Gasteiger partial charge in [0, 0.05) is 9.13 Å². The zero-order chi connectivity index (χ0) is 9.90. The normalized spacial score (nSPS) is 10.9. The Kier molecular flexibility index (Phi) is 6.56. The van der Waals surface area contributed by atoms with E-state index < -0.39 is 0 Å². The van der Waals surface area contributed by atoms with E-state index in [4.69, 9.17) is 0 Å². The van der Waals surface area contributed by atoms with Gasteiger partial charge in [-0.2, -0.15) is 0 Å². The molecule has 0 saturated heterocycles. The highest BCUT2D eigenvalue weighted by molar-refractivity contribution is 14.1. The van der Waals surface area contributed by atoms with Crippen LogP contribution in [0.15, 0.2) is 24.3 Å². The Morgan fingerprint density at radius 1 is 1.21 bits per heavy atom. The van der Waals surface area contributed by atoms with Crippen molar-refractivity contribution in [2.24, 2.45) is 0 Å². The summed E-state index contributed by atoms with van der Waals surface area (Å²) in [6, 6.07) is 8.60. The summed E-state index contributed by atoms with van der Waals surface area (Å²) in [4.78, 5) is 0. The third kappa shape index (κ3) is 4.44. The van der Waals surface area contributed by atoms with Gasteiger partial charge in [0.25, 0.3) is 0 Å². The Morgan fingerprint density at radius 3 is 2.29 bits per heavy atom. The molecule has 1 nitrogen and oxygen atoms in total. The summed E-state index contributed by atoms with van der Waals surface area (Å²) in [5, 5.41) is 0. The van der Waals surface area contributed by atoms with Gasteiger partial charge in [-0.25, -0.2) is 0 Å². The van der Waals surface area contributed by atoms with Gasteiger partial charge in [0.2, 0.25) is 0 Å². The first kappa shape index (κ1) is 14.6. The van der Waals surface area contributed by atoms with Gasteiger partial charge < -0.3 is 28.5 Å². The zero-order valence-electron chi connectivity index (χ0n) is 8.93. The van der Waals surface area contributed by atoms with E-state index in [-0.39, 0.29) is 24.0 Å². The molecule has 0 N–H and O–H groups in total. The van der Waals surface area contributed by atoms with Gasteiger partial charge in [-0.05, 0) is 35.6 Å². The van der Waals surface area contributed by atoms with Crippen molar-refractivity contribution < 1.29 is 28.5 Å². The van der Waals surface area contributed by atoms with E-state index in [0.29, 0.717) is 0 Å². The molecule has 80 valence electrons. The second-order valence-electron chi connectivity index (χ2n) is 4.00. The van der Waals surface area contributed by atoms with Gasteiger partial charge in [-0.1, -0.05) is 18.2 Å². The summed E-state index contributed by atoms with van der Waals surface area (Å²) in [7, 11) is 4.53. The monoisotopic (exact) mass is 417 g/mol. The maximum absolute atomic E-state index is 2.41. The second-order valence-corrected chi connectivity index (χ2v) is 5.16. The van der Waals surface area contributed by atoms with Gasteiger partial charge in [-0.15, -0.1) is 0 Å². The molecule has 0 amide bonds. The maximum atomic E-state index is 2.41. The summed E-state index contributed by atoms with van der Waals surface area (Å²) in [6.07, 6.45) is 0. The van der Waals surface area contributed by atoms with Crippen LogP contribution in [0.25, 0.3) is 0 Å². The standard InChI is InChI=1S/C11H17IN.HI/c1-4-13(2,3)9-10-7-5-6-8-11(10)12;/h5-8H,4,9H2,1-3H3;1H/q+1;/p-1. The van der Waals surface area contributed by atoms with E-state index in [1.165, 1.54) is 15.7 Å². The lowest BCUT2D eigenvalue weighted by Crippen LogP contribution is -3.00. The summed E-state index contributed by atoms with van der Waals surface area (Å²) < 4.78 is 2.43. The SMILES string of the molecule is CC[N+](C)(C)Cc1ccccc1I.[I-]. The van der Waals surface area contributed by atoms with E-state index in [2.05, 4.69) is 67.9 Å². The van der Waals surface area contributed by atoms with Gasteiger partial charge in [0.05, 0.1) is 20.6 Å². The fourth-order valence-electron chi connectivity index (χ4n) is 1.20. The molecule has 1 aromatic carbocycles. The first-order valence-electron chi connectivity index (χ1n) is 4.60. The Hall–Kier alpha value is 0.640. The van der Waals surface area contributed by atoms with E-state index in [1.807, 2.05) is 0 Å². The Bertz CT molecular complexity index is 284. The molecule has 0 heterocycles. The first-order valence-corrected chi connectivity index (χ1v) is 5.68. The lowest BCUT2D eigenvalue weighted by atomic mass is 10.2. The molecule has 0 aliphatic rings. The number of halogens is 2. The third-order valence-corrected chi connectivity index (χ3v) is 3.46. The fourth-order valence-corrected chi connectivity index (χ4v) is 1.76. The molecule has 0 saturated carbocycles. The van der Waals surface area contributed by atoms with Gasteiger partial charge in [0.1, 0.15) is 6.54 Å². The lowest BCUT2D eigenvalue weighted by Gasteiger charge is -2.28. The quantitative estimate of drug-likeness (QED) is 0.476. The van der Waals surface area contributed by atoms with E-state index in [9.17, 15) is 0 Å². The number of benzene rings is 1. The second kappa shape index (κ2) is 6.27. The molecule has 0 aliphatic carbocycles. The summed E-state index contributed by atoms with van der Waals surface area (Å²) in [5.41, 5.74) is 1.45. The van der Waals surface area contributed by atoms with Crippen LogP contribution in [0.5, 0.6) is 0 Å². The minimum Gasteiger partial charge on any atom is -1.00 e. The first-order chi connectivity index (χ1) is 6.05. The van der Waals surface area contributed by atoms with Crippen LogP contribution in [0.3, 0.4) is 0 Å². The number of rotatable bonds is 3. The van der Waals surface area contributed by atoms with E-state index in [0.717, 1.165) is 11.0 Å². The smallest absolute Gasteiger partial charge is 0.105 e. The van der Waals surface area contributed by atoms with E-state index in [1.54, 1.807) is 0 Å². The molecule has 1 rings (SSSR count). The number of hydrogen-bond acceptors (Lipinski definition) is 0. The molecule has 0 aromatic heterocycles. The lowest BCUT2D eigenvalue weighted by molar-refractivity contribution is -0.901. The van der Waals surface area contributed by atoms with Gasteiger partial charge in [0.15, 0.2) is 0 Å². The Labute approximate surface area is 118 Å². The maximum Gasteiger partial charge on any atom is 0.105 e. The van der Waals surface area contributed by atoms with E-state index >= 15 is 0 Å². The van der Waals surface area contributed by atoms with Crippen LogP contribution in [0.1, 0.15) is 12.5 Å². The Balaban J connectivity index is 0.00000169. The predicted octanol–water partition coefficient (Wildman–Crippen LogP) is -0.109. The van der Waals surface area contributed by atoms with Crippen molar-refractivity contribution in [1.82, 2.24) is 0 Å². The highest BCUT2D eigenvalue weighted by Crippen LogP contribution is 2.15. The van der Waals surface area contributed by atoms with Crippen molar-refractivity contribution in [3.63, 3.8) is 0 Å². The van der Waals surface area contributed by atoms with Crippen LogP contribution in [0, 0.1) is 3.57 Å². The van der Waals surface area contributed by atoms with Crippen LogP contribution >= 0.6 is 22.6 Å². The summed E-state index contributed by atoms with van der Waals surface area (Å²) >= 11 is 2.41. The zero-order valence-corrected chi connectivity index (χ0v) is 13.2. The average Bonchev–Trinajstić information content (AvgIpc) is 2.09. The molecule has 0 aliphatic heterocycles. The van der Waals surface area contributed by atoms with Crippen molar-refractivity contribution in [3.8, 4) is 0 Å². The fraction of sp³-hybridized carbons (Fsp3) is 0.455. The molecule has 1 aromatic rings. The van der Waals surface area contributed by atoms with Crippen molar-refractivity contribution in [2.75, 3.05) is 20.6 Å². The highest BCUT2D eigenvalue weighted by atomic mass is 127. The van der Waals surface area contributed by atoms with Crippen LogP contribution < -0.4 is 24.0 Å². The van der Waals surface area contributed by atoms with Gasteiger partial charge in [-0.3, -0.25) is 0 Å². The topological polar surface area (TPSA) is 0 Å². The summed E-state index contributed by atoms with van der Waals surface area (Å²) in [5.74, 6) is 0. The molecule has 0 bridgehead atoms. The van der Waals surface area contributed by atoms with Crippen LogP contribution in [0.2, 0.25) is 0 Å². The minimum absolute atomic E-state index is 0. The van der Waals surface area contributed by atoms with Crippen molar-refractivity contribution in [3.05, 3.63) is 33.4 Å². The number of nitrogens with zero attached hydrogens (tertiary/aromatic N) is 1. The largest absolute Gasteiger partial charge is 1.00 e. The van der Waals surface area contributed by atoms with Gasteiger partial charge >= 0.3 is 0 Å². The van der Waals surface area contributed by atoms with Crippen LogP contribution in [-0.4, -0.2) is 25.1 Å². The van der Waals surface area contributed by atoms with Crippen molar-refractivity contribution in [1.29, 1.82) is 0 Å². The average molecular weight is 417 g/mol. The molecule has 3 heteroatoms. The molecule has 0 fully saturated rings. The third-order valence-electron chi connectivity index (χ3n) is 2.41. The molecule has 0 radical (unpaired) electrons. The van der Waals surface area contributed by atoms with Crippen LogP contribution in [-0.2, 0) is 6.54 Å². The molecular formula is C11H17I2N. The van der Waals surface area contributed by atoms with Crippen molar-refractivity contribution >= 4 is 22.6 Å². The summed E-state index contributed by atoms with van der Waals surface area (Å²) in [6.45, 7) is 4.52. The Morgan fingerprint density at radius 2 is 1.79 bits per heavy atom. The van der Waals surface area contributed by atoms with Crippen LogP contribution in [0.4, 0.5) is 0 Å². The number of quaternary nitrogens is 1. The predicted molar refractivity (Wildman–Crippen MR) is 65.5 cm³/mol. The number of hydrogen-bond donors (Lipinski definition) is 0.